The van der Waals surface area contributed by atoms with Gasteiger partial charge in [0, 0.05) is 154 Å². The molecule has 13 aromatic rings. The van der Waals surface area contributed by atoms with E-state index in [0.29, 0.717) is 31.6 Å². The lowest BCUT2D eigenvalue weighted by molar-refractivity contribution is 0.0513. The minimum atomic E-state index is -0.597. The Hall–Kier alpha value is -12.0. The van der Waals surface area contributed by atoms with Gasteiger partial charge in [0.15, 0.2) is 32.1 Å². The lowest BCUT2D eigenvalue weighted by Crippen LogP contribution is -2.48. The number of carbonyl (C=O) groups excluding carboxylic acids is 6. The number of nitrogens with one attached hydrogen (secondary N) is 3. The highest BCUT2D eigenvalue weighted by Crippen LogP contribution is 2.49. The molecule has 1 saturated heterocycles. The average Bonchev–Trinajstić information content (AvgIpc) is 1.64. The van der Waals surface area contributed by atoms with Crippen LogP contribution in [0, 0.1) is 12.3 Å². The molecule has 139 heavy (non-hydrogen) atoms. The number of thiophene rings is 1. The van der Waals surface area contributed by atoms with E-state index in [1.54, 1.807) is 23.1 Å². The predicted octanol–water partition coefficient (Wildman–Crippen LogP) is 20.4. The average molecular weight is 1960 g/mol. The number of methoxy groups -OCH3 is 1. The zero-order valence-electron chi connectivity index (χ0n) is 81.1. The molecule has 3 amide bonds. The fourth-order valence-corrected chi connectivity index (χ4v) is 25.8. The van der Waals surface area contributed by atoms with Crippen LogP contribution in [0.5, 0.6) is 0 Å². The van der Waals surface area contributed by atoms with Gasteiger partial charge in [0.25, 0.3) is 17.7 Å². The van der Waals surface area contributed by atoms with E-state index in [1.165, 1.54) is 96.5 Å². The number of piperidine rings is 1. The summed E-state index contributed by atoms with van der Waals surface area (Å²) in [6.45, 7) is 26.9. The molecule has 0 bridgehead atoms. The van der Waals surface area contributed by atoms with Crippen LogP contribution in [-0.2, 0) is 80.9 Å². The first kappa shape index (κ1) is 95.9. The largest absolute Gasteiger partial charge is 0.462 e. The molecule has 10 aliphatic rings. The van der Waals surface area contributed by atoms with Gasteiger partial charge in [-0.15, -0.1) is 11.3 Å². The summed E-state index contributed by atoms with van der Waals surface area (Å²) in [6.07, 6.45) is 25.2. The van der Waals surface area contributed by atoms with Crippen molar-refractivity contribution in [3.05, 3.63) is 226 Å². The Balaban J connectivity index is 0.000000112. The monoisotopic (exact) mass is 1960 g/mol. The standard InChI is InChI=1S/C24H29N5O3S.C24H24N2OS.C22H23N5OS.C21H23N5OS.C16H21NO3S/c1-24(2)10-19-21(22(31)27-24)33-23(26-19)29-8-4-5-15-6-7-16(9-20(15)29)17-11-25-28(12-17)13-18(30)14-32-3;1-24(2)14-19-22(21(27)15-24)28-23(25-19)26-12-6-9-17-10-11-18(13-20(17)26)16-7-4-3-5-8-16;1-13-6-9-16(26-25-13)15-8-7-14-5-4-10-27(18(14)11-15)21-23-17-12-22(2,3)24-20(28)19(17)29-21;1-21(2)10-16-18(19(27)24-21)28-20(23-16)26-8-4-5-13-6-7-14(9-17(13)26)15-11-22-25(3)12-15;1-2-20-16(19)13-11-7-6-8-12(18)14(11)21-15(13)17-9-4-3-5-10-17/h6-7,9,11-12,18,30H,4-5,8,10,13-14H2,1-3H3,(H,27,31);3-5,7-8,10-11,13H,6,9,12,14-15H2,1-2H3;6-9,11H,4-5,10,12H2,1-3H3,(H,24,28);6-7,9,11-12H,4-5,8,10H2,1-3H3,(H,24,27);2-10H2,1H3. The van der Waals surface area contributed by atoms with Gasteiger partial charge in [-0.2, -0.15) is 20.4 Å². The number of aryl methyl sites for hydroxylation is 6. The molecule has 27 nitrogen and oxygen atoms in total. The van der Waals surface area contributed by atoms with E-state index in [2.05, 4.69) is 172 Å². The first-order valence-electron chi connectivity index (χ1n) is 48.6. The van der Waals surface area contributed by atoms with Crippen LogP contribution < -0.4 is 40.4 Å². The molecule has 722 valence electrons. The zero-order valence-corrected chi connectivity index (χ0v) is 85.2. The molecule has 1 atom stereocenters. The van der Waals surface area contributed by atoms with Crippen LogP contribution in [0.1, 0.15) is 242 Å². The van der Waals surface area contributed by atoms with Crippen molar-refractivity contribution >= 4 is 140 Å². The van der Waals surface area contributed by atoms with E-state index in [0.717, 1.165) is 271 Å². The number of aliphatic hydroxyl groups excluding tert-OH is 1. The number of aromatic nitrogens is 10. The third-order valence-electron chi connectivity index (χ3n) is 27.0. The quantitative estimate of drug-likeness (QED) is 0.0693. The molecule has 2 aliphatic carbocycles. The molecule has 1 unspecified atom stereocenters. The molecule has 8 aromatic heterocycles. The Morgan fingerprint density at radius 1 is 0.453 bits per heavy atom. The molecule has 0 radical (unpaired) electrons. The van der Waals surface area contributed by atoms with Gasteiger partial charge in [-0.05, 0) is 237 Å². The molecular formula is C107H120N18O9S5. The van der Waals surface area contributed by atoms with Gasteiger partial charge in [-0.25, -0.2) is 24.7 Å². The molecule has 0 spiro atoms. The number of carbonyl (C=O) groups is 6. The number of hydrogen-bond donors (Lipinski definition) is 4. The van der Waals surface area contributed by atoms with E-state index >= 15 is 0 Å². The molecule has 16 heterocycles. The first-order valence-corrected chi connectivity index (χ1v) is 52.7. The van der Waals surface area contributed by atoms with Crippen molar-refractivity contribution in [2.75, 3.05) is 84.1 Å². The first-order chi connectivity index (χ1) is 66.8. The SMILES string of the molecule is CC1(C)CC(=O)c2sc(N3CCCc4ccc(-c5ccccc5)cc43)nc2C1.CCOC(=O)c1c(N2CCCCC2)sc2c1CCCC2=O.COCC(O)Cn1cc(-c2ccc3c(c2)N(c2nc4c(s2)C(=O)NC(C)(C)C4)CCC3)cn1.Cc1ccc(-c2ccc3c(c2)N(c2nc4c(s2)C(=O)NC(C)(C)C4)CCC3)nn1.Cn1cc(-c2ccc3c(c2)N(c2nc4c(s2)C(=O)NC(C)(C)C4)CCC3)cn1. The maximum atomic E-state index is 12.6. The second-order valence-electron chi connectivity index (χ2n) is 40.5. The van der Waals surface area contributed by atoms with Crippen molar-refractivity contribution in [3.8, 4) is 44.6 Å². The van der Waals surface area contributed by atoms with Crippen LogP contribution in [0.4, 0.5) is 48.3 Å². The van der Waals surface area contributed by atoms with Crippen molar-refractivity contribution in [1.82, 2.24) is 65.6 Å². The van der Waals surface area contributed by atoms with Gasteiger partial charge in [0.1, 0.15) is 19.6 Å². The minimum Gasteiger partial charge on any atom is -0.462 e. The molecule has 0 saturated carbocycles. The Labute approximate surface area is 831 Å². The summed E-state index contributed by atoms with van der Waals surface area (Å²) in [5.41, 5.74) is 24.1. The number of Topliss-reactive ketones (excluding diaryl/α,β-unsaturated/α-hetero) is 2. The Morgan fingerprint density at radius 3 is 1.37 bits per heavy atom. The van der Waals surface area contributed by atoms with Gasteiger partial charge in [0.05, 0.1) is 87.7 Å². The summed E-state index contributed by atoms with van der Waals surface area (Å²) in [4.78, 5) is 110. The number of nitrogens with zero attached hydrogens (tertiary/aromatic N) is 15. The lowest BCUT2D eigenvalue weighted by Gasteiger charge is -2.29. The third-order valence-corrected chi connectivity index (χ3v) is 32.8. The number of thiazole rings is 4. The van der Waals surface area contributed by atoms with Gasteiger partial charge in [-0.3, -0.25) is 33.3 Å². The van der Waals surface area contributed by atoms with Gasteiger partial charge >= 0.3 is 5.97 Å². The van der Waals surface area contributed by atoms with E-state index in [-0.39, 0.29) is 63.9 Å². The zero-order chi connectivity index (χ0) is 96.9. The normalized spacial score (nSPS) is 17.9. The summed E-state index contributed by atoms with van der Waals surface area (Å²) < 4.78 is 13.8. The second-order valence-corrected chi connectivity index (χ2v) is 45.4. The molecule has 8 aliphatic heterocycles. The molecule has 23 rings (SSSR count). The van der Waals surface area contributed by atoms with Gasteiger partial charge in [-0.1, -0.05) is 138 Å². The molecule has 4 N–H and O–H groups in total. The highest BCUT2D eigenvalue weighted by atomic mass is 32.1. The van der Waals surface area contributed by atoms with Gasteiger partial charge < -0.3 is 55.0 Å². The number of benzene rings is 5. The van der Waals surface area contributed by atoms with Crippen LogP contribution in [0.3, 0.4) is 0 Å². The van der Waals surface area contributed by atoms with E-state index in [4.69, 9.17) is 29.4 Å². The fraction of sp³-hybridized carbons (Fsp3) is 0.421. The van der Waals surface area contributed by atoms with Crippen LogP contribution >= 0.6 is 56.7 Å². The van der Waals surface area contributed by atoms with Crippen LogP contribution in [0.15, 0.2) is 140 Å². The van der Waals surface area contributed by atoms with E-state index < -0.39 is 6.10 Å². The number of fused-ring (bicyclic) bond motifs is 9. The Morgan fingerprint density at radius 2 is 0.906 bits per heavy atom. The summed E-state index contributed by atoms with van der Waals surface area (Å²) in [6, 6.07) is 40.8. The van der Waals surface area contributed by atoms with Crippen LogP contribution in [0.25, 0.3) is 44.6 Å². The molecular weight excluding hydrogens is 1840 g/mol. The summed E-state index contributed by atoms with van der Waals surface area (Å²) in [7, 11) is 3.50. The number of esters is 1. The minimum absolute atomic E-state index is 0.00339. The summed E-state index contributed by atoms with van der Waals surface area (Å²) >= 11 is 7.56. The van der Waals surface area contributed by atoms with Crippen molar-refractivity contribution in [2.45, 2.75) is 220 Å². The number of ketones is 2. The van der Waals surface area contributed by atoms with Crippen molar-refractivity contribution < 1.29 is 43.3 Å². The lowest BCUT2D eigenvalue weighted by atomic mass is 9.78. The number of amides is 3. The number of anilines is 9. The molecule has 5 aromatic carbocycles. The number of aliphatic hydroxyl groups is 1. The smallest absolute Gasteiger partial charge is 0.341 e. The fourth-order valence-electron chi connectivity index (χ4n) is 20.4. The van der Waals surface area contributed by atoms with Crippen LogP contribution in [0.2, 0.25) is 0 Å². The Bertz CT molecular complexity index is 6830. The van der Waals surface area contributed by atoms with Crippen LogP contribution in [-0.4, -0.2) is 172 Å². The molecule has 1 fully saturated rings. The number of hydrogen-bond acceptors (Lipinski definition) is 27. The Kier molecular flexibility index (Phi) is 27.5. The maximum absolute atomic E-state index is 12.6. The topological polar surface area (TPSA) is 306 Å². The summed E-state index contributed by atoms with van der Waals surface area (Å²) in [5, 5.41) is 41.1. The van der Waals surface area contributed by atoms with E-state index in [1.807, 2.05) is 110 Å². The van der Waals surface area contributed by atoms with Crippen molar-refractivity contribution in [1.29, 1.82) is 0 Å². The van der Waals surface area contributed by atoms with E-state index in [9.17, 15) is 33.9 Å². The third kappa shape index (κ3) is 20.9. The number of rotatable bonds is 15. The van der Waals surface area contributed by atoms with Crippen molar-refractivity contribution in [2.24, 2.45) is 12.5 Å². The van der Waals surface area contributed by atoms with Gasteiger partial charge in [0.2, 0.25) is 0 Å². The van der Waals surface area contributed by atoms with Crippen molar-refractivity contribution in [3.63, 3.8) is 0 Å². The summed E-state index contributed by atoms with van der Waals surface area (Å²) in [5.74, 6) is 0.141. The second kappa shape index (κ2) is 39.9. The highest BCUT2D eigenvalue weighted by Gasteiger charge is 2.42. The number of ether oxygens (including phenoxy) is 2. The maximum Gasteiger partial charge on any atom is 0.341 e. The predicted molar refractivity (Wildman–Crippen MR) is 554 cm³/mol. The molecule has 32 heteroatoms. The highest BCUT2D eigenvalue weighted by molar-refractivity contribution is 7.19.